The number of rotatable bonds is 11. The Balaban J connectivity index is -0.0000000882. The topological polar surface area (TPSA) is 323 Å². The van der Waals surface area contributed by atoms with Crippen molar-refractivity contribution in [3.63, 3.8) is 0 Å². The molecule has 0 aromatic rings. The van der Waals surface area contributed by atoms with E-state index in [4.69, 9.17) is 38.5 Å². The Morgan fingerprint density at radius 3 is 0.735 bits per heavy atom. The molecule has 6 N–H and O–H groups in total. The molecule has 18 nitrogen and oxygen atoms in total. The molecular weight excluding hydrogens is 574 g/mol. The molecule has 178 valence electrons. The van der Waals surface area contributed by atoms with E-state index in [0.29, 0.717) is 0 Å². The van der Waals surface area contributed by atoms with E-state index < -0.39 is 65.7 Å². The van der Waals surface area contributed by atoms with Gasteiger partial charge in [0, 0.05) is 39.3 Å². The van der Waals surface area contributed by atoms with Crippen LogP contribution in [0, 0.1) is 0 Å². The zero-order valence-corrected chi connectivity index (χ0v) is 29.7. The van der Waals surface area contributed by atoms with E-state index in [-0.39, 0.29) is 153 Å². The number of hydrogen-bond donors (Lipinski definition) is 6. The predicted molar refractivity (Wildman–Crippen MR) is 81.4 cm³/mol. The van der Waals surface area contributed by atoms with Crippen molar-refractivity contribution in [1.82, 2.24) is 9.80 Å². The Hall–Kier alpha value is 2.66. The van der Waals surface area contributed by atoms with Crippen LogP contribution in [-0.4, -0.2) is 102 Å². The molecule has 0 aromatic heterocycles. The van der Waals surface area contributed by atoms with Gasteiger partial charge in [0.2, 0.25) is 0 Å². The molecule has 0 radical (unpaired) electrons. The zero-order valence-electron chi connectivity index (χ0n) is 18.8. The van der Waals surface area contributed by atoms with Gasteiger partial charge in [0.15, 0.2) is 0 Å². The van der Waals surface area contributed by atoms with Crippen molar-refractivity contribution in [3.05, 3.63) is 0 Å². The second kappa shape index (κ2) is 28.7. The van der Waals surface area contributed by atoms with Crippen LogP contribution in [0.2, 0.25) is 0 Å². The first-order chi connectivity index (χ1) is 13.2. The van der Waals surface area contributed by atoms with Crippen LogP contribution in [-0.2, 0) is 28.3 Å². The number of aliphatic carboxylic acids is 4. The van der Waals surface area contributed by atoms with Crippen molar-refractivity contribution in [2.45, 2.75) is 0 Å². The molecule has 0 saturated heterocycles. The molecule has 0 unspecified atom stereocenters. The standard InChI is InChI=1S/C10H16N2O8.K.3Na.2H3O4P/c13-7(14)3-11(4-8(15)16)1-2-12(5-9(17)18)6-10(19)20;;;;;2*1-5(2,3)4/h1-6H2,(H,13,14)(H,15,16)(H,17,18)(H,19,20);;;;;2*(H3,1,2,3,4)/q;4*+1;;/p-4. The number of nitrogens with zero attached hydrogens (tertiary/aromatic N) is 2. The Bertz CT molecular complexity index is 573. The average Bonchev–Trinajstić information content (AvgIpc) is 2.38. The zero-order chi connectivity index (χ0) is 24.7. The van der Waals surface area contributed by atoms with Crippen molar-refractivity contribution >= 4 is 39.5 Å². The average molecular weight is 592 g/mol. The normalized spacial score (nSPS) is 9.76. The maximum Gasteiger partial charge on any atom is 1.00 e. The smallest absolute Gasteiger partial charge is 0.549 e. The first-order valence-corrected chi connectivity index (χ1v) is 10.1. The Morgan fingerprint density at radius 2 is 0.647 bits per heavy atom. The fraction of sp³-hybridized carbons (Fsp3) is 0.600. The molecule has 0 amide bonds. The van der Waals surface area contributed by atoms with Gasteiger partial charge < -0.3 is 69.0 Å². The summed E-state index contributed by atoms with van der Waals surface area (Å²) in [5.74, 6) is -6.12. The van der Waals surface area contributed by atoms with Gasteiger partial charge >= 0.3 is 156 Å². The first-order valence-electron chi connectivity index (χ1n) is 7.01. The van der Waals surface area contributed by atoms with Gasteiger partial charge in [-0.1, -0.05) is 0 Å². The van der Waals surface area contributed by atoms with Crippen LogP contribution in [0.25, 0.3) is 0 Å². The molecule has 34 heavy (non-hydrogen) atoms. The molecule has 0 saturated carbocycles. The molecule has 0 rings (SSSR count). The van der Waals surface area contributed by atoms with Gasteiger partial charge in [-0.15, -0.1) is 0 Å². The van der Waals surface area contributed by atoms with E-state index in [9.17, 15) is 39.6 Å². The maximum absolute atomic E-state index is 10.4. The number of carbonyl (C=O) groups excluding carboxylic acids is 4. The summed E-state index contributed by atoms with van der Waals surface area (Å²) in [6.07, 6.45) is 0. The van der Waals surface area contributed by atoms with Crippen LogP contribution in [0.4, 0.5) is 0 Å². The summed E-state index contributed by atoms with van der Waals surface area (Å²) >= 11 is 0. The number of carboxylic acids is 4. The van der Waals surface area contributed by atoms with Gasteiger partial charge in [0.05, 0.1) is 23.9 Å². The van der Waals surface area contributed by atoms with Gasteiger partial charge in [-0.25, -0.2) is 9.13 Å². The van der Waals surface area contributed by atoms with E-state index in [1.165, 1.54) is 0 Å². The van der Waals surface area contributed by atoms with Crippen molar-refractivity contribution in [3.8, 4) is 0 Å². The van der Waals surface area contributed by atoms with E-state index in [2.05, 4.69) is 0 Å². The molecule has 0 aliphatic carbocycles. The minimum atomic E-state index is -4.64. The predicted octanol–water partition coefficient (Wildman–Crippen LogP) is -21.3. The number of carbonyl (C=O) groups is 4. The molecule has 0 aliphatic heterocycles. The van der Waals surface area contributed by atoms with Crippen LogP contribution >= 0.6 is 15.6 Å². The summed E-state index contributed by atoms with van der Waals surface area (Å²) in [6.45, 7) is -3.25. The van der Waals surface area contributed by atoms with E-state index in [1.807, 2.05) is 0 Å². The molecule has 0 heterocycles. The number of phosphoric acid groups is 2. The van der Waals surface area contributed by atoms with E-state index in [1.54, 1.807) is 0 Å². The fourth-order valence-corrected chi connectivity index (χ4v) is 1.44. The van der Waals surface area contributed by atoms with Gasteiger partial charge in [0.25, 0.3) is 0 Å². The second-order valence-electron chi connectivity index (χ2n) is 4.94. The fourth-order valence-electron chi connectivity index (χ4n) is 1.44. The van der Waals surface area contributed by atoms with Gasteiger partial charge in [-0.2, -0.15) is 0 Å². The third kappa shape index (κ3) is 70.1. The number of hydrogen-bond acceptors (Lipinski definition) is 12. The second-order valence-corrected chi connectivity index (χ2v) is 6.99. The van der Waals surface area contributed by atoms with Gasteiger partial charge in [-0.05, 0) is 0 Å². The molecule has 0 spiro atoms. The Morgan fingerprint density at radius 1 is 0.529 bits per heavy atom. The molecule has 0 aromatic carbocycles. The minimum absolute atomic E-state index is 0. The summed E-state index contributed by atoms with van der Waals surface area (Å²) in [4.78, 5) is 86.5. The summed E-state index contributed by atoms with van der Waals surface area (Å²) < 4.78 is 17.8. The molecule has 0 bridgehead atoms. The van der Waals surface area contributed by atoms with Crippen LogP contribution in [0.5, 0.6) is 0 Å². The molecular formula is C10H18KN2Na3O16P2. The van der Waals surface area contributed by atoms with E-state index in [0.717, 1.165) is 9.80 Å². The van der Waals surface area contributed by atoms with E-state index >= 15 is 0 Å². The SMILES string of the molecule is O=C([O-])CN(CCN(CC(=O)[O-])CC(=O)[O-])CC(=O)[O-].O=P(O)(O)O.O=P(O)(O)O.[K+].[Na+].[Na+].[Na+]. The third-order valence-corrected chi connectivity index (χ3v) is 2.14. The quantitative estimate of drug-likeness (QED) is 0.0957. The first kappa shape index (κ1) is 53.0. The molecule has 24 heteroatoms. The number of carboxylic acid groups (broad SMARTS) is 4. The van der Waals surface area contributed by atoms with Gasteiger partial charge in [-0.3, -0.25) is 9.80 Å². The maximum atomic E-state index is 10.4. The minimum Gasteiger partial charge on any atom is -0.549 e. The largest absolute Gasteiger partial charge is 1.00 e. The van der Waals surface area contributed by atoms with Gasteiger partial charge in [0.1, 0.15) is 0 Å². The van der Waals surface area contributed by atoms with Crippen LogP contribution < -0.4 is 160 Å². The summed E-state index contributed by atoms with van der Waals surface area (Å²) in [5, 5.41) is 41.6. The van der Waals surface area contributed by atoms with Crippen LogP contribution in [0.15, 0.2) is 0 Å². The summed E-state index contributed by atoms with van der Waals surface area (Å²) in [7, 11) is -9.28. The van der Waals surface area contributed by atoms with Crippen molar-refractivity contribution < 1.29 is 218 Å². The van der Waals surface area contributed by atoms with Crippen molar-refractivity contribution in [1.29, 1.82) is 0 Å². The van der Waals surface area contributed by atoms with Crippen molar-refractivity contribution in [2.24, 2.45) is 0 Å². The molecule has 0 fully saturated rings. The Labute approximate surface area is 301 Å². The Kier molecular flexibility index (Phi) is 44.7. The van der Waals surface area contributed by atoms with Crippen molar-refractivity contribution in [2.75, 3.05) is 39.3 Å². The molecule has 0 aliphatic rings. The third-order valence-electron chi connectivity index (χ3n) is 2.14. The summed E-state index contributed by atoms with van der Waals surface area (Å²) in [6, 6.07) is 0. The monoisotopic (exact) mass is 592 g/mol. The summed E-state index contributed by atoms with van der Waals surface area (Å²) in [5.41, 5.74) is 0. The van der Waals surface area contributed by atoms with Crippen LogP contribution in [0.3, 0.4) is 0 Å². The molecule has 0 atom stereocenters. The van der Waals surface area contributed by atoms with Crippen LogP contribution in [0.1, 0.15) is 0 Å².